The molecule has 0 aliphatic carbocycles. The first-order valence-corrected chi connectivity index (χ1v) is 6.45. The largest absolute Gasteiger partial charge is 0.388 e. The molecular weight excluding hydrogens is 244 g/mol. The van der Waals surface area contributed by atoms with Crippen LogP contribution in [0.5, 0.6) is 0 Å². The smallest absolute Gasteiger partial charge is 0.0833 e. The fourth-order valence-electron chi connectivity index (χ4n) is 2.14. The molecule has 2 aromatic rings. The molecule has 1 N–H and O–H groups in total. The lowest BCUT2D eigenvalue weighted by atomic mass is 9.95. The van der Waals surface area contributed by atoms with E-state index < -0.39 is 6.10 Å². The lowest BCUT2D eigenvalue weighted by Crippen LogP contribution is -2.05. The summed E-state index contributed by atoms with van der Waals surface area (Å²) in [6, 6.07) is 13.8. The summed E-state index contributed by atoms with van der Waals surface area (Å²) in [7, 11) is 0. The van der Waals surface area contributed by atoms with Gasteiger partial charge >= 0.3 is 0 Å². The predicted molar refractivity (Wildman–Crippen MR) is 76.0 cm³/mol. The van der Waals surface area contributed by atoms with Gasteiger partial charge in [0.2, 0.25) is 0 Å². The number of aliphatic hydroxyl groups excluding tert-OH is 1. The van der Waals surface area contributed by atoms with Gasteiger partial charge in [-0.15, -0.1) is 0 Å². The van der Waals surface area contributed by atoms with E-state index in [-0.39, 0.29) is 0 Å². The molecule has 1 unspecified atom stereocenters. The zero-order valence-electron chi connectivity index (χ0n) is 10.7. The second-order valence-corrected chi connectivity index (χ2v) is 5.01. The molecule has 0 amide bonds. The van der Waals surface area contributed by atoms with E-state index in [0.29, 0.717) is 11.4 Å². The molecule has 2 heteroatoms. The van der Waals surface area contributed by atoms with Crippen LogP contribution < -0.4 is 0 Å². The molecule has 0 spiro atoms. The molecule has 0 aromatic heterocycles. The van der Waals surface area contributed by atoms with E-state index in [9.17, 15) is 5.11 Å². The average Bonchev–Trinajstić information content (AvgIpc) is 2.35. The van der Waals surface area contributed by atoms with Crippen molar-refractivity contribution in [2.75, 3.05) is 0 Å². The maximum atomic E-state index is 10.3. The molecular formula is C16H17ClO. The van der Waals surface area contributed by atoms with E-state index in [1.54, 1.807) is 0 Å². The van der Waals surface area contributed by atoms with Gasteiger partial charge in [-0.25, -0.2) is 0 Å². The van der Waals surface area contributed by atoms with Gasteiger partial charge in [0, 0.05) is 11.4 Å². The van der Waals surface area contributed by atoms with Crippen LogP contribution >= 0.6 is 11.6 Å². The molecule has 0 aliphatic heterocycles. The van der Waals surface area contributed by atoms with Crippen LogP contribution in [0.1, 0.15) is 28.4 Å². The first-order chi connectivity index (χ1) is 8.59. The number of hydrogen-bond donors (Lipinski definition) is 1. The summed E-state index contributed by atoms with van der Waals surface area (Å²) >= 11 is 6.08. The molecule has 0 fully saturated rings. The minimum Gasteiger partial charge on any atom is -0.388 e. The fourth-order valence-corrected chi connectivity index (χ4v) is 2.32. The van der Waals surface area contributed by atoms with Gasteiger partial charge in [0.05, 0.1) is 6.10 Å². The molecule has 0 radical (unpaired) electrons. The summed E-state index contributed by atoms with van der Waals surface area (Å²) in [4.78, 5) is 0. The quantitative estimate of drug-likeness (QED) is 0.876. The van der Waals surface area contributed by atoms with E-state index in [4.69, 9.17) is 11.6 Å². The van der Waals surface area contributed by atoms with Crippen molar-refractivity contribution in [2.24, 2.45) is 0 Å². The normalized spacial score (nSPS) is 12.4. The summed E-state index contributed by atoms with van der Waals surface area (Å²) in [5.41, 5.74) is 4.24. The SMILES string of the molecule is Cc1ccccc1CC(O)c1cccc(Cl)c1C. The van der Waals surface area contributed by atoms with Crippen molar-refractivity contribution in [2.45, 2.75) is 26.4 Å². The topological polar surface area (TPSA) is 20.2 Å². The van der Waals surface area contributed by atoms with Crippen LogP contribution in [0.25, 0.3) is 0 Å². The van der Waals surface area contributed by atoms with Crippen LogP contribution in [0.3, 0.4) is 0 Å². The Bertz CT molecular complexity index is 549. The van der Waals surface area contributed by atoms with Crippen molar-refractivity contribution in [1.29, 1.82) is 0 Å². The van der Waals surface area contributed by atoms with Gasteiger partial charge in [-0.1, -0.05) is 48.0 Å². The van der Waals surface area contributed by atoms with Gasteiger partial charge in [-0.05, 0) is 42.2 Å². The highest BCUT2D eigenvalue weighted by Crippen LogP contribution is 2.27. The second kappa shape index (κ2) is 5.55. The Morgan fingerprint density at radius 2 is 1.78 bits per heavy atom. The highest BCUT2D eigenvalue weighted by Gasteiger charge is 2.13. The minimum absolute atomic E-state index is 0.509. The standard InChI is InChI=1S/C16H17ClO/c1-11-6-3-4-7-13(11)10-16(18)14-8-5-9-15(17)12(14)2/h3-9,16,18H,10H2,1-2H3. The first kappa shape index (κ1) is 13.1. The Labute approximate surface area is 113 Å². The van der Waals surface area contributed by atoms with Crippen LogP contribution in [0, 0.1) is 13.8 Å². The van der Waals surface area contributed by atoms with Crippen molar-refractivity contribution < 1.29 is 5.11 Å². The van der Waals surface area contributed by atoms with Gasteiger partial charge in [0.15, 0.2) is 0 Å². The summed E-state index contributed by atoms with van der Waals surface area (Å²) in [6.07, 6.45) is 0.109. The third kappa shape index (κ3) is 2.74. The summed E-state index contributed by atoms with van der Waals surface area (Å²) in [5, 5.41) is 11.0. The monoisotopic (exact) mass is 260 g/mol. The average molecular weight is 261 g/mol. The lowest BCUT2D eigenvalue weighted by Gasteiger charge is -2.16. The van der Waals surface area contributed by atoms with Gasteiger partial charge < -0.3 is 5.11 Å². The van der Waals surface area contributed by atoms with E-state index in [1.165, 1.54) is 11.1 Å². The fraction of sp³-hybridized carbons (Fsp3) is 0.250. The highest BCUT2D eigenvalue weighted by atomic mass is 35.5. The van der Waals surface area contributed by atoms with Crippen LogP contribution in [0.15, 0.2) is 42.5 Å². The molecule has 94 valence electrons. The number of hydrogen-bond acceptors (Lipinski definition) is 1. The summed E-state index contributed by atoms with van der Waals surface area (Å²) < 4.78 is 0. The Morgan fingerprint density at radius 3 is 2.50 bits per heavy atom. The van der Waals surface area contributed by atoms with Crippen molar-refractivity contribution in [3.63, 3.8) is 0 Å². The molecule has 0 saturated heterocycles. The van der Waals surface area contributed by atoms with Gasteiger partial charge in [-0.2, -0.15) is 0 Å². The molecule has 18 heavy (non-hydrogen) atoms. The van der Waals surface area contributed by atoms with Crippen molar-refractivity contribution in [1.82, 2.24) is 0 Å². The molecule has 0 aliphatic rings. The number of halogens is 1. The first-order valence-electron chi connectivity index (χ1n) is 6.07. The lowest BCUT2D eigenvalue weighted by molar-refractivity contribution is 0.177. The van der Waals surface area contributed by atoms with Gasteiger partial charge in [0.25, 0.3) is 0 Å². The molecule has 2 aromatic carbocycles. The maximum Gasteiger partial charge on any atom is 0.0833 e. The van der Waals surface area contributed by atoms with E-state index in [2.05, 4.69) is 19.1 Å². The molecule has 1 atom stereocenters. The summed E-state index contributed by atoms with van der Waals surface area (Å²) in [6.45, 7) is 4.01. The Kier molecular flexibility index (Phi) is 4.05. The van der Waals surface area contributed by atoms with Crippen LogP contribution in [0.4, 0.5) is 0 Å². The molecule has 0 saturated carbocycles. The van der Waals surface area contributed by atoms with E-state index in [0.717, 1.165) is 11.1 Å². The molecule has 2 rings (SSSR count). The number of aliphatic hydroxyl groups is 1. The Hall–Kier alpha value is -1.31. The van der Waals surface area contributed by atoms with Crippen LogP contribution in [0.2, 0.25) is 5.02 Å². The zero-order chi connectivity index (χ0) is 13.1. The Morgan fingerprint density at radius 1 is 1.06 bits per heavy atom. The van der Waals surface area contributed by atoms with E-state index >= 15 is 0 Å². The molecule has 0 heterocycles. The minimum atomic E-state index is -0.509. The van der Waals surface area contributed by atoms with E-state index in [1.807, 2.05) is 37.3 Å². The predicted octanol–water partition coefficient (Wildman–Crippen LogP) is 4.23. The van der Waals surface area contributed by atoms with Crippen molar-refractivity contribution >= 4 is 11.6 Å². The zero-order valence-corrected chi connectivity index (χ0v) is 11.4. The number of benzene rings is 2. The van der Waals surface area contributed by atoms with Crippen LogP contribution in [-0.2, 0) is 6.42 Å². The third-order valence-corrected chi connectivity index (χ3v) is 3.75. The third-order valence-electron chi connectivity index (χ3n) is 3.34. The highest BCUT2D eigenvalue weighted by molar-refractivity contribution is 6.31. The molecule has 0 bridgehead atoms. The van der Waals surface area contributed by atoms with Gasteiger partial charge in [-0.3, -0.25) is 0 Å². The Balaban J connectivity index is 2.25. The summed E-state index contributed by atoms with van der Waals surface area (Å²) in [5.74, 6) is 0. The van der Waals surface area contributed by atoms with Crippen molar-refractivity contribution in [3.8, 4) is 0 Å². The van der Waals surface area contributed by atoms with Crippen LogP contribution in [-0.4, -0.2) is 5.11 Å². The van der Waals surface area contributed by atoms with Gasteiger partial charge in [0.1, 0.15) is 0 Å². The maximum absolute atomic E-state index is 10.3. The number of rotatable bonds is 3. The number of aryl methyl sites for hydroxylation is 1. The van der Waals surface area contributed by atoms with Crippen molar-refractivity contribution in [3.05, 3.63) is 69.7 Å². The second-order valence-electron chi connectivity index (χ2n) is 4.60. The molecule has 1 nitrogen and oxygen atoms in total.